The molecular weight excluding hydrogens is 374 g/mol. The van der Waals surface area contributed by atoms with Crippen LogP contribution in [0.2, 0.25) is 0 Å². The van der Waals surface area contributed by atoms with Crippen LogP contribution in [0.1, 0.15) is 33.9 Å². The van der Waals surface area contributed by atoms with Crippen LogP contribution in [0, 0.1) is 0 Å². The zero-order valence-corrected chi connectivity index (χ0v) is 17.1. The van der Waals surface area contributed by atoms with E-state index in [-0.39, 0.29) is 18.3 Å². The molecule has 0 spiro atoms. The summed E-state index contributed by atoms with van der Waals surface area (Å²) >= 11 is 0. The molecule has 0 fully saturated rings. The first-order valence-corrected chi connectivity index (χ1v) is 9.29. The molecule has 1 aliphatic heterocycles. The van der Waals surface area contributed by atoms with Gasteiger partial charge < -0.3 is 23.8 Å². The Labute approximate surface area is 170 Å². The van der Waals surface area contributed by atoms with Crippen molar-refractivity contribution in [2.24, 2.45) is 0 Å². The van der Waals surface area contributed by atoms with Gasteiger partial charge in [-0.05, 0) is 53.9 Å². The van der Waals surface area contributed by atoms with Gasteiger partial charge >= 0.3 is 5.97 Å². The molecule has 0 unspecified atom stereocenters. The fourth-order valence-electron chi connectivity index (χ4n) is 3.63. The summed E-state index contributed by atoms with van der Waals surface area (Å²) < 4.78 is 20.9. The fraction of sp³-hybridized carbons (Fsp3) is 0.364. The molecular formula is C22H25NO6. The second-order valence-corrected chi connectivity index (χ2v) is 6.68. The third-order valence-corrected chi connectivity index (χ3v) is 5.19. The van der Waals surface area contributed by atoms with Crippen LogP contribution >= 0.6 is 0 Å². The van der Waals surface area contributed by atoms with Crippen molar-refractivity contribution in [3.05, 3.63) is 53.1 Å². The number of fused-ring (bicyclic) bond motifs is 1. The quantitative estimate of drug-likeness (QED) is 0.695. The van der Waals surface area contributed by atoms with Crippen LogP contribution in [0.25, 0.3) is 0 Å². The Bertz CT molecular complexity index is 893. The van der Waals surface area contributed by atoms with Gasteiger partial charge in [-0.15, -0.1) is 0 Å². The Hall–Kier alpha value is -3.22. The van der Waals surface area contributed by atoms with Gasteiger partial charge in [0.15, 0.2) is 11.5 Å². The first-order valence-electron chi connectivity index (χ1n) is 9.29. The number of esters is 1. The fourth-order valence-corrected chi connectivity index (χ4v) is 3.63. The van der Waals surface area contributed by atoms with Crippen molar-refractivity contribution in [1.82, 2.24) is 4.90 Å². The molecule has 1 atom stereocenters. The lowest BCUT2D eigenvalue weighted by atomic mass is 9.89. The van der Waals surface area contributed by atoms with Crippen molar-refractivity contribution in [2.45, 2.75) is 18.9 Å². The minimum absolute atomic E-state index is 0.0564. The van der Waals surface area contributed by atoms with Gasteiger partial charge in [-0.1, -0.05) is 0 Å². The van der Waals surface area contributed by atoms with Gasteiger partial charge in [0, 0.05) is 12.1 Å². The topological polar surface area (TPSA) is 74.3 Å². The summed E-state index contributed by atoms with van der Waals surface area (Å²) in [5, 5.41) is 0. The van der Waals surface area contributed by atoms with Gasteiger partial charge in [-0.2, -0.15) is 0 Å². The smallest absolute Gasteiger partial charge is 0.307 e. The molecule has 0 saturated carbocycles. The average Bonchev–Trinajstić information content (AvgIpc) is 2.77. The third kappa shape index (κ3) is 4.13. The van der Waals surface area contributed by atoms with E-state index in [0.29, 0.717) is 35.8 Å². The predicted molar refractivity (Wildman–Crippen MR) is 107 cm³/mol. The summed E-state index contributed by atoms with van der Waals surface area (Å²) in [5.74, 6) is 1.32. The number of amides is 1. The zero-order chi connectivity index (χ0) is 21.0. The molecule has 1 heterocycles. The summed E-state index contributed by atoms with van der Waals surface area (Å²) in [6.07, 6.45) is 0.704. The monoisotopic (exact) mass is 399 g/mol. The van der Waals surface area contributed by atoms with E-state index in [4.69, 9.17) is 18.9 Å². The van der Waals surface area contributed by atoms with E-state index in [1.54, 1.807) is 50.5 Å². The van der Waals surface area contributed by atoms with Crippen molar-refractivity contribution in [3.8, 4) is 17.2 Å². The summed E-state index contributed by atoms with van der Waals surface area (Å²) in [6.45, 7) is 0.481. The Morgan fingerprint density at radius 3 is 2.21 bits per heavy atom. The van der Waals surface area contributed by atoms with Gasteiger partial charge in [0.05, 0.1) is 40.9 Å². The second-order valence-electron chi connectivity index (χ2n) is 6.68. The predicted octanol–water partition coefficient (Wildman–Crippen LogP) is 3.02. The van der Waals surface area contributed by atoms with Crippen LogP contribution in [0.4, 0.5) is 0 Å². The Morgan fingerprint density at radius 1 is 0.966 bits per heavy atom. The Kier molecular flexibility index (Phi) is 6.26. The first kappa shape index (κ1) is 20.5. The minimum atomic E-state index is -0.458. The number of benzene rings is 2. The molecule has 154 valence electrons. The largest absolute Gasteiger partial charge is 0.497 e. The highest BCUT2D eigenvalue weighted by Crippen LogP contribution is 2.40. The van der Waals surface area contributed by atoms with Gasteiger partial charge in [0.2, 0.25) is 0 Å². The molecule has 0 bridgehead atoms. The maximum Gasteiger partial charge on any atom is 0.307 e. The zero-order valence-electron chi connectivity index (χ0n) is 17.1. The van der Waals surface area contributed by atoms with Crippen molar-refractivity contribution in [1.29, 1.82) is 0 Å². The molecule has 0 saturated heterocycles. The summed E-state index contributed by atoms with van der Waals surface area (Å²) in [6, 6.07) is 10.2. The van der Waals surface area contributed by atoms with Crippen LogP contribution in [0.3, 0.4) is 0 Å². The molecule has 2 aromatic rings. The highest BCUT2D eigenvalue weighted by molar-refractivity contribution is 5.95. The number of hydrogen-bond donors (Lipinski definition) is 0. The lowest BCUT2D eigenvalue weighted by Crippen LogP contribution is -2.41. The maximum atomic E-state index is 13.2. The lowest BCUT2D eigenvalue weighted by Gasteiger charge is -2.37. The van der Waals surface area contributed by atoms with E-state index >= 15 is 0 Å². The third-order valence-electron chi connectivity index (χ3n) is 5.19. The van der Waals surface area contributed by atoms with Gasteiger partial charge in [-0.25, -0.2) is 0 Å². The van der Waals surface area contributed by atoms with E-state index in [0.717, 1.165) is 11.1 Å². The van der Waals surface area contributed by atoms with Crippen LogP contribution in [0.5, 0.6) is 17.2 Å². The number of hydrogen-bond acceptors (Lipinski definition) is 6. The van der Waals surface area contributed by atoms with E-state index in [1.165, 1.54) is 7.11 Å². The minimum Gasteiger partial charge on any atom is -0.497 e. The van der Waals surface area contributed by atoms with Crippen LogP contribution in [0.15, 0.2) is 36.4 Å². The summed E-state index contributed by atoms with van der Waals surface area (Å²) in [5.41, 5.74) is 2.42. The molecule has 3 rings (SSSR count). The normalized spacial score (nSPS) is 15.3. The van der Waals surface area contributed by atoms with E-state index in [9.17, 15) is 9.59 Å². The van der Waals surface area contributed by atoms with E-state index in [2.05, 4.69) is 0 Å². The van der Waals surface area contributed by atoms with Crippen LogP contribution in [-0.4, -0.2) is 51.8 Å². The molecule has 7 heteroatoms. The summed E-state index contributed by atoms with van der Waals surface area (Å²) in [7, 11) is 6.06. The van der Waals surface area contributed by atoms with Gasteiger partial charge in [-0.3, -0.25) is 9.59 Å². The van der Waals surface area contributed by atoms with Crippen molar-refractivity contribution < 1.29 is 28.5 Å². The number of nitrogens with zero attached hydrogens (tertiary/aromatic N) is 1. The Balaban J connectivity index is 2.00. The van der Waals surface area contributed by atoms with Gasteiger partial charge in [0.1, 0.15) is 5.75 Å². The molecule has 1 aliphatic rings. The Morgan fingerprint density at radius 2 is 1.62 bits per heavy atom. The highest BCUT2D eigenvalue weighted by Gasteiger charge is 2.34. The van der Waals surface area contributed by atoms with E-state index in [1.807, 2.05) is 12.1 Å². The molecule has 29 heavy (non-hydrogen) atoms. The molecule has 2 aromatic carbocycles. The van der Waals surface area contributed by atoms with Gasteiger partial charge in [0.25, 0.3) is 5.91 Å². The number of ether oxygens (including phenoxy) is 4. The SMILES string of the molecule is COC(=O)C[C@H]1c2cc(OC)c(OC)cc2CCN1C(=O)c1ccc(OC)cc1. The summed E-state index contributed by atoms with van der Waals surface area (Å²) in [4.78, 5) is 27.1. The second kappa shape index (κ2) is 8.86. The molecule has 0 aliphatic carbocycles. The molecule has 0 aromatic heterocycles. The molecule has 0 N–H and O–H groups in total. The average molecular weight is 399 g/mol. The molecule has 1 amide bonds. The number of methoxy groups -OCH3 is 4. The van der Waals surface area contributed by atoms with Crippen molar-refractivity contribution >= 4 is 11.9 Å². The first-order chi connectivity index (χ1) is 14.0. The standard InChI is InChI=1S/C22H25NO6/c1-26-16-7-5-14(6-8-16)22(25)23-10-9-15-11-19(27-2)20(28-3)12-17(15)18(23)13-21(24)29-4/h5-8,11-12,18H,9-10,13H2,1-4H3/t18-/m0/s1. The number of carbonyl (C=O) groups is 2. The molecule has 0 radical (unpaired) electrons. The van der Waals surface area contributed by atoms with Crippen LogP contribution in [-0.2, 0) is 16.0 Å². The van der Waals surface area contributed by atoms with Crippen molar-refractivity contribution in [3.63, 3.8) is 0 Å². The lowest BCUT2D eigenvalue weighted by molar-refractivity contribution is -0.141. The highest BCUT2D eigenvalue weighted by atomic mass is 16.5. The number of rotatable bonds is 6. The molecule has 7 nitrogen and oxygen atoms in total. The van der Waals surface area contributed by atoms with Crippen molar-refractivity contribution in [2.75, 3.05) is 35.0 Å². The van der Waals surface area contributed by atoms with Crippen LogP contribution < -0.4 is 14.2 Å². The maximum absolute atomic E-state index is 13.2. The van der Waals surface area contributed by atoms with E-state index < -0.39 is 6.04 Å². The number of carbonyl (C=O) groups excluding carboxylic acids is 2.